The van der Waals surface area contributed by atoms with Crippen molar-refractivity contribution in [3.8, 4) is 0 Å². The van der Waals surface area contributed by atoms with Crippen molar-refractivity contribution in [1.82, 2.24) is 16.0 Å². The van der Waals surface area contributed by atoms with Crippen molar-refractivity contribution < 1.29 is 19.2 Å². The maximum absolute atomic E-state index is 13.1. The Kier molecular flexibility index (Phi) is 12.6. The van der Waals surface area contributed by atoms with E-state index >= 15 is 0 Å². The van der Waals surface area contributed by atoms with Gasteiger partial charge in [-0.15, -0.1) is 0 Å². The first kappa shape index (κ1) is 30.3. The Morgan fingerprint density at radius 3 is 2.17 bits per heavy atom. The number of amides is 5. The van der Waals surface area contributed by atoms with Gasteiger partial charge in [-0.25, -0.2) is 4.79 Å². The van der Waals surface area contributed by atoms with Gasteiger partial charge in [-0.3, -0.25) is 14.4 Å². The van der Waals surface area contributed by atoms with Gasteiger partial charge in [0.25, 0.3) is 0 Å². The van der Waals surface area contributed by atoms with Crippen molar-refractivity contribution in [2.45, 2.75) is 83.6 Å². The Morgan fingerprint density at radius 1 is 1.03 bits per heavy atom. The van der Waals surface area contributed by atoms with E-state index in [4.69, 9.17) is 5.73 Å². The molecular weight excluding hydrogens is 466 g/mol. The molecule has 9 nitrogen and oxygen atoms in total. The molecule has 0 saturated heterocycles. The third-order valence-electron chi connectivity index (χ3n) is 5.20. The summed E-state index contributed by atoms with van der Waals surface area (Å²) >= 11 is 4.55. The van der Waals surface area contributed by atoms with Crippen LogP contribution in [0.25, 0.3) is 0 Å². The SMILES string of the molecule is CCCC(=O)N[C@H](C(=O)N[C@@H](CCCNC(N)=O)C(=O)Nc1ccc(CC(C)(C)S)cc1)C(C)C. The minimum absolute atomic E-state index is 0.154. The fraction of sp³-hybridized carbons (Fsp3) is 0.600. The smallest absolute Gasteiger partial charge is 0.312 e. The van der Waals surface area contributed by atoms with Gasteiger partial charge < -0.3 is 27.0 Å². The van der Waals surface area contributed by atoms with Gasteiger partial charge in [0.05, 0.1) is 0 Å². The van der Waals surface area contributed by atoms with E-state index in [1.54, 1.807) is 0 Å². The summed E-state index contributed by atoms with van der Waals surface area (Å²) in [5, 5.41) is 10.9. The molecule has 0 aliphatic rings. The highest BCUT2D eigenvalue weighted by molar-refractivity contribution is 7.81. The van der Waals surface area contributed by atoms with E-state index in [2.05, 4.69) is 33.9 Å². The predicted octanol–water partition coefficient (Wildman–Crippen LogP) is 2.75. The zero-order valence-electron chi connectivity index (χ0n) is 21.4. The number of anilines is 1. The van der Waals surface area contributed by atoms with E-state index < -0.39 is 24.0 Å². The molecule has 0 aliphatic heterocycles. The second kappa shape index (κ2) is 14.6. The Hall–Kier alpha value is -2.75. The summed E-state index contributed by atoms with van der Waals surface area (Å²) in [5.74, 6) is -1.20. The van der Waals surface area contributed by atoms with E-state index in [0.29, 0.717) is 24.9 Å². The topological polar surface area (TPSA) is 142 Å². The van der Waals surface area contributed by atoms with Gasteiger partial charge in [0.2, 0.25) is 17.7 Å². The molecular formula is C25H41N5O4S. The van der Waals surface area contributed by atoms with Crippen molar-refractivity contribution in [2.75, 3.05) is 11.9 Å². The van der Waals surface area contributed by atoms with Crippen molar-refractivity contribution in [2.24, 2.45) is 11.7 Å². The number of nitrogens with one attached hydrogen (secondary N) is 4. The van der Waals surface area contributed by atoms with Gasteiger partial charge in [-0.2, -0.15) is 12.6 Å². The molecule has 0 fully saturated rings. The van der Waals surface area contributed by atoms with Crippen molar-refractivity contribution in [3.05, 3.63) is 29.8 Å². The molecule has 196 valence electrons. The Bertz CT molecular complexity index is 852. The summed E-state index contributed by atoms with van der Waals surface area (Å²) < 4.78 is -0.154. The lowest BCUT2D eigenvalue weighted by Gasteiger charge is -2.25. The lowest BCUT2D eigenvalue weighted by atomic mass is 10.0. The number of carbonyl (C=O) groups excluding carboxylic acids is 4. The van der Waals surface area contributed by atoms with Crippen molar-refractivity contribution in [3.63, 3.8) is 0 Å². The number of hydrogen-bond acceptors (Lipinski definition) is 5. The van der Waals surface area contributed by atoms with E-state index in [1.165, 1.54) is 0 Å². The molecule has 0 radical (unpaired) electrons. The van der Waals surface area contributed by atoms with Gasteiger partial charge in [0.15, 0.2) is 0 Å². The third kappa shape index (κ3) is 12.5. The number of hydrogen-bond donors (Lipinski definition) is 6. The minimum atomic E-state index is -0.863. The summed E-state index contributed by atoms with van der Waals surface area (Å²) in [6, 6.07) is 5.18. The Morgan fingerprint density at radius 2 is 1.66 bits per heavy atom. The molecule has 0 aromatic heterocycles. The summed E-state index contributed by atoms with van der Waals surface area (Å²) in [5.41, 5.74) is 6.79. The van der Waals surface area contributed by atoms with Gasteiger partial charge in [-0.05, 0) is 49.3 Å². The lowest BCUT2D eigenvalue weighted by molar-refractivity contribution is -0.132. The molecule has 0 bridgehead atoms. The lowest BCUT2D eigenvalue weighted by Crippen LogP contribution is -2.54. The normalized spacial score (nSPS) is 13.0. The summed E-state index contributed by atoms with van der Waals surface area (Å²) in [7, 11) is 0. The van der Waals surface area contributed by atoms with Crippen LogP contribution in [0.2, 0.25) is 0 Å². The molecule has 0 saturated carbocycles. The molecule has 0 unspecified atom stereocenters. The molecule has 1 rings (SSSR count). The number of rotatable bonds is 14. The number of urea groups is 1. The minimum Gasteiger partial charge on any atom is -0.352 e. The van der Waals surface area contributed by atoms with Crippen LogP contribution in [0.3, 0.4) is 0 Å². The molecule has 6 N–H and O–H groups in total. The monoisotopic (exact) mass is 507 g/mol. The fourth-order valence-corrected chi connectivity index (χ4v) is 3.67. The molecule has 1 aromatic rings. The number of nitrogens with two attached hydrogens (primary N) is 1. The van der Waals surface area contributed by atoms with Gasteiger partial charge >= 0.3 is 6.03 Å². The van der Waals surface area contributed by atoms with Crippen LogP contribution in [-0.2, 0) is 20.8 Å². The first-order chi connectivity index (χ1) is 16.3. The first-order valence-electron chi connectivity index (χ1n) is 12.1. The quantitative estimate of drug-likeness (QED) is 0.170. The van der Waals surface area contributed by atoms with Crippen LogP contribution in [0.4, 0.5) is 10.5 Å². The molecule has 0 heterocycles. The summed E-state index contributed by atoms with van der Waals surface area (Å²) in [4.78, 5) is 49.1. The summed E-state index contributed by atoms with van der Waals surface area (Å²) in [6.07, 6.45) is 2.46. The second-order valence-electron chi connectivity index (χ2n) is 9.71. The molecule has 5 amide bonds. The van der Waals surface area contributed by atoms with Crippen molar-refractivity contribution in [1.29, 1.82) is 0 Å². The van der Waals surface area contributed by atoms with Crippen LogP contribution in [0.15, 0.2) is 24.3 Å². The largest absolute Gasteiger partial charge is 0.352 e. The third-order valence-corrected chi connectivity index (χ3v) is 5.36. The van der Waals surface area contributed by atoms with Gasteiger partial charge in [0, 0.05) is 23.4 Å². The predicted molar refractivity (Wildman–Crippen MR) is 142 cm³/mol. The zero-order valence-corrected chi connectivity index (χ0v) is 22.3. The van der Waals surface area contributed by atoms with Crippen LogP contribution < -0.4 is 27.0 Å². The van der Waals surface area contributed by atoms with E-state index in [-0.39, 0.29) is 35.4 Å². The van der Waals surface area contributed by atoms with Gasteiger partial charge in [-0.1, -0.05) is 46.8 Å². The molecule has 10 heteroatoms. The summed E-state index contributed by atoms with van der Waals surface area (Å²) in [6.45, 7) is 9.87. The molecule has 1 aromatic carbocycles. The van der Waals surface area contributed by atoms with Crippen LogP contribution >= 0.6 is 12.6 Å². The van der Waals surface area contributed by atoms with E-state index in [0.717, 1.165) is 12.0 Å². The highest BCUT2D eigenvalue weighted by Crippen LogP contribution is 2.20. The van der Waals surface area contributed by atoms with E-state index in [9.17, 15) is 19.2 Å². The van der Waals surface area contributed by atoms with Gasteiger partial charge in [0.1, 0.15) is 12.1 Å². The van der Waals surface area contributed by atoms with Crippen LogP contribution in [-0.4, -0.2) is 47.1 Å². The van der Waals surface area contributed by atoms with Crippen LogP contribution in [0, 0.1) is 5.92 Å². The molecule has 35 heavy (non-hydrogen) atoms. The maximum atomic E-state index is 13.1. The number of primary amides is 1. The molecule has 2 atom stereocenters. The van der Waals surface area contributed by atoms with Crippen LogP contribution in [0.5, 0.6) is 0 Å². The van der Waals surface area contributed by atoms with Crippen LogP contribution in [0.1, 0.15) is 65.9 Å². The Balaban J connectivity index is 2.93. The number of carbonyl (C=O) groups is 4. The average molecular weight is 508 g/mol. The number of thiol groups is 1. The highest BCUT2D eigenvalue weighted by Gasteiger charge is 2.28. The number of benzene rings is 1. The molecule has 0 aliphatic carbocycles. The highest BCUT2D eigenvalue weighted by atomic mass is 32.1. The average Bonchev–Trinajstić information content (AvgIpc) is 2.74. The standard InChI is InChI=1S/C25H41N5O4S/c1-6-8-20(31)30-21(16(2)3)23(33)29-19(9-7-14-27-24(26)34)22(32)28-18-12-10-17(11-13-18)15-25(4,5)35/h10-13,16,19,21,35H,6-9,14-15H2,1-5H3,(H,28,32)(H,29,33)(H,30,31)(H3,26,27,34)/t19-,21-/m0/s1. The zero-order chi connectivity index (χ0) is 26.6. The second-order valence-corrected chi connectivity index (χ2v) is 10.9. The first-order valence-corrected chi connectivity index (χ1v) is 12.5. The maximum Gasteiger partial charge on any atom is 0.312 e. The molecule has 0 spiro atoms. The van der Waals surface area contributed by atoms with E-state index in [1.807, 2.05) is 58.9 Å². The Labute approximate surface area is 214 Å². The van der Waals surface area contributed by atoms with Crippen molar-refractivity contribution >= 4 is 42.1 Å². The fourth-order valence-electron chi connectivity index (χ4n) is 3.49.